The van der Waals surface area contributed by atoms with E-state index in [2.05, 4.69) is 20.6 Å². The molecule has 6 aromatic heterocycles. The first-order chi connectivity index (χ1) is 39.7. The summed E-state index contributed by atoms with van der Waals surface area (Å²) in [4.78, 5) is 154. The summed E-state index contributed by atoms with van der Waals surface area (Å²) in [5.74, 6) is -4.56. The second-order valence-electron chi connectivity index (χ2n) is 19.1. The molecule has 0 saturated carbocycles. The van der Waals surface area contributed by atoms with E-state index >= 15 is 0 Å². The van der Waals surface area contributed by atoms with Crippen molar-refractivity contribution in [3.05, 3.63) is 220 Å². The minimum atomic E-state index is -4.70. The summed E-state index contributed by atoms with van der Waals surface area (Å²) in [6, 6.07) is 32.3. The molecule has 0 aliphatic heterocycles. The van der Waals surface area contributed by atoms with Crippen LogP contribution in [0.3, 0.4) is 0 Å². The number of aromatic amines is 2. The summed E-state index contributed by atoms with van der Waals surface area (Å²) in [5, 5.41) is 23.7. The van der Waals surface area contributed by atoms with E-state index in [1.54, 1.807) is 108 Å². The molecule has 6 heterocycles. The van der Waals surface area contributed by atoms with Crippen molar-refractivity contribution in [1.82, 2.24) is 38.5 Å². The summed E-state index contributed by atoms with van der Waals surface area (Å²) in [5.41, 5.74) is 3.44. The molecule has 25 heteroatoms. The molecule has 0 unspecified atom stereocenters. The molecule has 0 spiro atoms. The minimum absolute atomic E-state index is 0.0289. The number of hydrogen-bond donors (Lipinski definition) is 8. The van der Waals surface area contributed by atoms with E-state index in [0.717, 1.165) is 0 Å². The first kappa shape index (κ1) is 56.1. The van der Waals surface area contributed by atoms with Gasteiger partial charge in [-0.05, 0) is 36.4 Å². The van der Waals surface area contributed by atoms with E-state index in [4.69, 9.17) is 19.3 Å². The zero-order valence-corrected chi connectivity index (χ0v) is 44.9. The van der Waals surface area contributed by atoms with Gasteiger partial charge in [0.25, 0.3) is 11.1 Å². The van der Waals surface area contributed by atoms with Crippen molar-refractivity contribution >= 4 is 76.3 Å². The van der Waals surface area contributed by atoms with E-state index < -0.39 is 79.1 Å². The smallest absolute Gasteiger partial charge is 0.480 e. The van der Waals surface area contributed by atoms with Gasteiger partial charge in [-0.3, -0.25) is 28.8 Å². The number of aliphatic carboxylic acids is 2. The number of carbonyl (C=O) groups is 6. The number of amides is 2. The molecule has 0 saturated heterocycles. The Hall–Kier alpha value is -10.2. The van der Waals surface area contributed by atoms with Crippen LogP contribution in [-0.4, -0.2) is 110 Å². The normalized spacial score (nSPS) is 11.8. The standard InChI is InChI=1S/C58H49N8O16P/c1-31-47(43-7-3-5-23-63(43)49(31)51(71)37-17-19-39-41(27-37)61-57(77)65(55(39)75)29-45(67)68)33-9-13-35(14-10-33)53(73)59-21-25-81-83(79,80)82-26-22-60-54(74)36-15-11-34(12-16-36)48-32(2)50(64-24-6-4-8-44(48)64)52(72)38-18-20-40-42(28-38)62-58(78)66(56(40)76)30-46(69)70/h3-20,23-24,27-28,79-80,83H,21-22,25-26,29-30H2,1-2H3,(H,59,73)(H,60,74)(H,61,77)(H,62,78)(H,67,68)(H,69,70). The van der Waals surface area contributed by atoms with Crippen molar-refractivity contribution < 1.29 is 57.8 Å². The molecule has 0 aliphatic carbocycles. The number of carboxylic acid groups (broad SMARTS) is 2. The Morgan fingerprint density at radius 1 is 0.518 bits per heavy atom. The fraction of sp³-hybridized carbons (Fsp3) is 0.138. The topological polar surface area (TPSA) is 344 Å². The Morgan fingerprint density at radius 2 is 0.892 bits per heavy atom. The number of pyridine rings is 2. The van der Waals surface area contributed by atoms with Crippen molar-refractivity contribution in [1.29, 1.82) is 0 Å². The number of hydrogen-bond acceptors (Lipinski definition) is 14. The van der Waals surface area contributed by atoms with Crippen molar-refractivity contribution in [3.8, 4) is 22.3 Å². The van der Waals surface area contributed by atoms with E-state index in [-0.39, 0.29) is 70.4 Å². The number of fused-ring (bicyclic) bond motifs is 4. The van der Waals surface area contributed by atoms with Gasteiger partial charge in [0.2, 0.25) is 11.6 Å². The average Bonchev–Trinajstić information content (AvgIpc) is 3.38. The van der Waals surface area contributed by atoms with Gasteiger partial charge in [0.15, 0.2) is 0 Å². The molecule has 24 nitrogen and oxygen atoms in total. The predicted octanol–water partition coefficient (Wildman–Crippen LogP) is 4.37. The molecular weight excluding hydrogens is 1100 g/mol. The number of carbonyl (C=O) groups excluding carboxylic acids is 4. The quantitative estimate of drug-likeness (QED) is 0.0298. The first-order valence-electron chi connectivity index (χ1n) is 25.5. The summed E-state index contributed by atoms with van der Waals surface area (Å²) in [7, 11) is -4.70. The van der Waals surface area contributed by atoms with Crippen LogP contribution in [0.15, 0.2) is 153 Å². The summed E-state index contributed by atoms with van der Waals surface area (Å²) >= 11 is 0. The van der Waals surface area contributed by atoms with E-state index in [1.165, 1.54) is 36.4 Å². The Labute approximate surface area is 466 Å². The first-order valence-corrected chi connectivity index (χ1v) is 27.2. The third-order valence-electron chi connectivity index (χ3n) is 13.9. The fourth-order valence-corrected chi connectivity index (χ4v) is 10.9. The van der Waals surface area contributed by atoms with Gasteiger partial charge in [0.1, 0.15) is 13.1 Å². The summed E-state index contributed by atoms with van der Waals surface area (Å²) in [6.07, 6.45) is 3.44. The second kappa shape index (κ2) is 22.7. The maximum atomic E-state index is 14.2. The number of nitrogens with zero attached hydrogens (tertiary/aromatic N) is 4. The SMILES string of the molecule is Cc1c(-c2ccc(C(=O)NCCO[PH](O)(O)OCCNC(=O)c3ccc(-c4c(C)c(C(=O)c5ccc6c(=O)n(CC(=O)O)c(=O)[nH]c6c5)n5ccccc45)cc3)cc2)c2ccccn2c1C(=O)c1ccc2c(=O)n(CC(=O)O)c(=O)[nH]c2c1. The fourth-order valence-electron chi connectivity index (χ4n) is 10.1. The van der Waals surface area contributed by atoms with Gasteiger partial charge >= 0.3 is 259 Å². The van der Waals surface area contributed by atoms with Gasteiger partial charge in [-0.15, -0.1) is 0 Å². The van der Waals surface area contributed by atoms with Crippen molar-refractivity contribution in [3.63, 3.8) is 0 Å². The predicted molar refractivity (Wildman–Crippen MR) is 304 cm³/mol. The second-order valence-corrected chi connectivity index (χ2v) is 20.8. The van der Waals surface area contributed by atoms with Crippen LogP contribution in [0, 0.1) is 13.8 Å². The van der Waals surface area contributed by atoms with E-state index in [9.17, 15) is 57.7 Å². The van der Waals surface area contributed by atoms with Crippen LogP contribution in [-0.2, 0) is 31.7 Å². The van der Waals surface area contributed by atoms with Gasteiger partial charge < -0.3 is 20.2 Å². The Balaban J connectivity index is 0.717. The Bertz CT molecular complexity index is 4300. The molecule has 0 atom stereocenters. The minimum Gasteiger partial charge on any atom is -0.480 e. The Morgan fingerprint density at radius 3 is 1.27 bits per heavy atom. The number of benzene rings is 4. The number of nitrogens with one attached hydrogen (secondary N) is 4. The molecule has 0 bridgehead atoms. The monoisotopic (exact) mass is 1140 g/mol. The van der Waals surface area contributed by atoms with Crippen LogP contribution in [0.25, 0.3) is 55.1 Å². The molecule has 2 amide bonds. The van der Waals surface area contributed by atoms with E-state index in [1.807, 2.05) is 12.1 Å². The van der Waals surface area contributed by atoms with Crippen LogP contribution in [0.2, 0.25) is 0 Å². The van der Waals surface area contributed by atoms with Crippen LogP contribution < -0.4 is 33.1 Å². The molecule has 8 N–H and O–H groups in total. The molecule has 83 heavy (non-hydrogen) atoms. The van der Waals surface area contributed by atoms with Gasteiger partial charge in [0, 0.05) is 23.5 Å². The number of rotatable bonds is 20. The van der Waals surface area contributed by atoms with Gasteiger partial charge in [-0.25, -0.2) is 18.7 Å². The van der Waals surface area contributed by atoms with Crippen LogP contribution >= 0.6 is 8.17 Å². The Kier molecular flexibility index (Phi) is 15.3. The third kappa shape index (κ3) is 11.1. The van der Waals surface area contributed by atoms with Crippen LogP contribution in [0.1, 0.15) is 63.9 Å². The molecular formula is C58H49N8O16P. The number of H-pyrrole nitrogens is 2. The maximum absolute atomic E-state index is 14.2. The summed E-state index contributed by atoms with van der Waals surface area (Å²) < 4.78 is 14.9. The van der Waals surface area contributed by atoms with E-state index in [0.29, 0.717) is 64.9 Å². The number of ketones is 2. The van der Waals surface area contributed by atoms with Crippen LogP contribution in [0.4, 0.5) is 0 Å². The average molecular weight is 1150 g/mol. The molecule has 0 fully saturated rings. The zero-order chi connectivity index (χ0) is 59.0. The molecule has 10 aromatic rings. The van der Waals surface area contributed by atoms with Gasteiger partial charge in [-0.1, -0.05) is 24.3 Å². The van der Waals surface area contributed by atoms with Crippen molar-refractivity contribution in [2.45, 2.75) is 26.9 Å². The molecule has 0 aliphatic rings. The molecule has 4 aromatic carbocycles. The number of aromatic nitrogens is 6. The third-order valence-corrected chi connectivity index (χ3v) is 15.1. The van der Waals surface area contributed by atoms with Crippen LogP contribution in [0.5, 0.6) is 0 Å². The van der Waals surface area contributed by atoms with Crippen molar-refractivity contribution in [2.24, 2.45) is 0 Å². The van der Waals surface area contributed by atoms with Gasteiger partial charge in [0.05, 0.1) is 21.8 Å². The molecule has 10 rings (SSSR count). The van der Waals surface area contributed by atoms with Gasteiger partial charge in [-0.2, -0.15) is 0 Å². The molecule has 422 valence electrons. The van der Waals surface area contributed by atoms with Crippen molar-refractivity contribution in [2.75, 3.05) is 26.3 Å². The zero-order valence-electron chi connectivity index (χ0n) is 43.9. The number of carboxylic acids is 2. The summed E-state index contributed by atoms with van der Waals surface area (Å²) in [6.45, 7) is 0.966. The molecule has 0 radical (unpaired) electrons.